The number of carbonyl (C=O) groups excluding carboxylic acids is 1. The second-order valence-corrected chi connectivity index (χ2v) is 3.39. The smallest absolute Gasteiger partial charge is 0.302 e. The van der Waals surface area contributed by atoms with Crippen molar-refractivity contribution in [2.24, 2.45) is 0 Å². The molecule has 0 bridgehead atoms. The average molecular weight is 201 g/mol. The van der Waals surface area contributed by atoms with Crippen LogP contribution >= 0.6 is 11.8 Å². The van der Waals surface area contributed by atoms with Crippen LogP contribution in [0, 0.1) is 0 Å². The fourth-order valence-corrected chi connectivity index (χ4v) is 1.35. The summed E-state index contributed by atoms with van der Waals surface area (Å²) in [5, 5.41) is 3.93. The summed E-state index contributed by atoms with van der Waals surface area (Å²) >= 11 is 1.64. The van der Waals surface area contributed by atoms with Gasteiger partial charge >= 0.3 is 5.97 Å². The van der Waals surface area contributed by atoms with Gasteiger partial charge in [0.15, 0.2) is 0 Å². The number of aromatic nitrogens is 3. The molecule has 0 N–H and O–H groups in total. The Hall–Kier alpha value is -1.04. The first kappa shape index (κ1) is 10.0. The zero-order chi connectivity index (χ0) is 9.52. The van der Waals surface area contributed by atoms with Crippen LogP contribution in [0.5, 0.6) is 0 Å². The maximum atomic E-state index is 10.4. The topological polar surface area (TPSA) is 57.0 Å². The van der Waals surface area contributed by atoms with Crippen molar-refractivity contribution >= 4 is 17.7 Å². The van der Waals surface area contributed by atoms with Crippen molar-refractivity contribution in [3.63, 3.8) is 0 Å². The van der Waals surface area contributed by atoms with Crippen LogP contribution in [0.4, 0.5) is 0 Å². The Bertz CT molecular complexity index is 250. The summed E-state index contributed by atoms with van der Waals surface area (Å²) in [5.41, 5.74) is 0. The third-order valence-corrected chi connectivity index (χ3v) is 2.13. The molecule has 6 heteroatoms. The molecule has 0 saturated carbocycles. The molecule has 0 atom stereocenters. The summed E-state index contributed by atoms with van der Waals surface area (Å²) in [6.07, 6.45) is 3.14. The second-order valence-electron chi connectivity index (χ2n) is 2.31. The van der Waals surface area contributed by atoms with E-state index in [1.807, 2.05) is 0 Å². The summed E-state index contributed by atoms with van der Waals surface area (Å²) in [4.78, 5) is 14.2. The van der Waals surface area contributed by atoms with Gasteiger partial charge < -0.3 is 4.74 Å². The minimum absolute atomic E-state index is 0.235. The highest BCUT2D eigenvalue weighted by Crippen LogP contribution is 2.02. The minimum atomic E-state index is -0.235. The van der Waals surface area contributed by atoms with E-state index in [9.17, 15) is 4.79 Å². The number of carbonyl (C=O) groups is 1. The quantitative estimate of drug-likeness (QED) is 0.514. The zero-order valence-corrected chi connectivity index (χ0v) is 8.16. The average Bonchev–Trinajstić information content (AvgIpc) is 2.55. The van der Waals surface area contributed by atoms with Crippen molar-refractivity contribution in [1.29, 1.82) is 0 Å². The number of hydrogen-bond donors (Lipinski definition) is 0. The van der Waals surface area contributed by atoms with Gasteiger partial charge in [0, 0.05) is 12.7 Å². The van der Waals surface area contributed by atoms with Gasteiger partial charge in [-0.2, -0.15) is 5.10 Å². The predicted octanol–water partition coefficient (Wildman–Crippen LogP) is 0.532. The third kappa shape index (κ3) is 4.51. The van der Waals surface area contributed by atoms with Crippen LogP contribution in [-0.4, -0.2) is 33.1 Å². The lowest BCUT2D eigenvalue weighted by atomic mass is 10.8. The van der Waals surface area contributed by atoms with Crippen molar-refractivity contribution < 1.29 is 9.53 Å². The number of ether oxygens (including phenoxy) is 1. The molecule has 72 valence electrons. The first-order valence-electron chi connectivity index (χ1n) is 3.82. The first-order chi connectivity index (χ1) is 6.29. The molecule has 0 unspecified atom stereocenters. The van der Waals surface area contributed by atoms with E-state index in [2.05, 4.69) is 10.1 Å². The summed E-state index contributed by atoms with van der Waals surface area (Å²) in [6.45, 7) is 1.86. The lowest BCUT2D eigenvalue weighted by Gasteiger charge is -2.01. The van der Waals surface area contributed by atoms with Crippen LogP contribution in [0.3, 0.4) is 0 Å². The highest BCUT2D eigenvalue weighted by Gasteiger charge is 1.94. The lowest BCUT2D eigenvalue weighted by Crippen LogP contribution is -2.04. The van der Waals surface area contributed by atoms with Crippen LogP contribution in [0.2, 0.25) is 0 Å². The van der Waals surface area contributed by atoms with Gasteiger partial charge in [-0.25, -0.2) is 9.67 Å². The summed E-state index contributed by atoms with van der Waals surface area (Å²) in [6, 6.07) is 0. The van der Waals surface area contributed by atoms with E-state index >= 15 is 0 Å². The maximum absolute atomic E-state index is 10.4. The van der Waals surface area contributed by atoms with Crippen LogP contribution in [0.25, 0.3) is 0 Å². The normalized spacial score (nSPS) is 9.92. The Kier molecular flexibility index (Phi) is 4.31. The molecule has 0 aliphatic heterocycles. The highest BCUT2D eigenvalue weighted by molar-refractivity contribution is 7.98. The van der Waals surface area contributed by atoms with Crippen LogP contribution < -0.4 is 0 Å². The van der Waals surface area contributed by atoms with Crippen LogP contribution in [-0.2, 0) is 15.4 Å². The number of esters is 1. The van der Waals surface area contributed by atoms with Gasteiger partial charge in [0.2, 0.25) is 0 Å². The molecule has 1 heterocycles. The molecule has 0 spiro atoms. The van der Waals surface area contributed by atoms with Gasteiger partial charge in [0.25, 0.3) is 0 Å². The highest BCUT2D eigenvalue weighted by atomic mass is 32.2. The Morgan fingerprint density at radius 2 is 2.54 bits per heavy atom. The van der Waals surface area contributed by atoms with Crippen molar-refractivity contribution in [3.05, 3.63) is 12.7 Å². The Morgan fingerprint density at radius 3 is 3.15 bits per heavy atom. The number of thioether (sulfide) groups is 1. The number of rotatable bonds is 5. The Labute approximate surface area is 80.5 Å². The first-order valence-corrected chi connectivity index (χ1v) is 4.98. The van der Waals surface area contributed by atoms with Crippen molar-refractivity contribution in [1.82, 2.24) is 14.8 Å². The molecular formula is C7H11N3O2S. The van der Waals surface area contributed by atoms with E-state index in [0.29, 0.717) is 6.61 Å². The molecule has 0 aromatic carbocycles. The lowest BCUT2D eigenvalue weighted by molar-refractivity contribution is -0.140. The fourth-order valence-electron chi connectivity index (χ4n) is 0.702. The van der Waals surface area contributed by atoms with Gasteiger partial charge in [-0.05, 0) is 0 Å². The molecule has 0 radical (unpaired) electrons. The molecule has 0 amide bonds. The SMILES string of the molecule is CC(=O)OCCSCn1cncn1. The van der Waals surface area contributed by atoms with E-state index in [1.165, 1.54) is 13.3 Å². The fraction of sp³-hybridized carbons (Fsp3) is 0.571. The molecule has 0 aliphatic rings. The molecule has 1 rings (SSSR count). The van der Waals surface area contributed by atoms with Crippen molar-refractivity contribution in [3.8, 4) is 0 Å². The van der Waals surface area contributed by atoms with Gasteiger partial charge in [-0.1, -0.05) is 0 Å². The van der Waals surface area contributed by atoms with E-state index in [4.69, 9.17) is 4.74 Å². The zero-order valence-electron chi connectivity index (χ0n) is 7.34. The third-order valence-electron chi connectivity index (χ3n) is 1.22. The van der Waals surface area contributed by atoms with Gasteiger partial charge in [-0.15, -0.1) is 11.8 Å². The maximum Gasteiger partial charge on any atom is 0.302 e. The van der Waals surface area contributed by atoms with E-state index in [0.717, 1.165) is 11.6 Å². The number of nitrogens with zero attached hydrogens (tertiary/aromatic N) is 3. The van der Waals surface area contributed by atoms with Gasteiger partial charge in [0.05, 0.1) is 5.88 Å². The Morgan fingerprint density at radius 1 is 1.69 bits per heavy atom. The standard InChI is InChI=1S/C7H11N3O2S/c1-7(11)12-2-3-13-6-10-5-8-4-9-10/h4-5H,2-3,6H2,1H3. The molecule has 0 fully saturated rings. The van der Waals surface area contributed by atoms with E-state index in [1.54, 1.807) is 22.8 Å². The monoisotopic (exact) mass is 201 g/mol. The Balaban J connectivity index is 1.99. The molecule has 13 heavy (non-hydrogen) atoms. The van der Waals surface area contributed by atoms with Crippen LogP contribution in [0.15, 0.2) is 12.7 Å². The molecule has 5 nitrogen and oxygen atoms in total. The van der Waals surface area contributed by atoms with E-state index in [-0.39, 0.29) is 5.97 Å². The molecule has 0 aliphatic carbocycles. The van der Waals surface area contributed by atoms with Gasteiger partial charge in [-0.3, -0.25) is 4.79 Å². The second kappa shape index (κ2) is 5.58. The summed E-state index contributed by atoms with van der Waals surface area (Å²) in [7, 11) is 0. The summed E-state index contributed by atoms with van der Waals surface area (Å²) in [5.74, 6) is 1.28. The predicted molar refractivity (Wildman–Crippen MR) is 49.1 cm³/mol. The molecule has 1 aromatic rings. The van der Waals surface area contributed by atoms with Crippen molar-refractivity contribution in [2.45, 2.75) is 12.8 Å². The molecular weight excluding hydrogens is 190 g/mol. The molecule has 0 saturated heterocycles. The van der Waals surface area contributed by atoms with Gasteiger partial charge in [0.1, 0.15) is 19.3 Å². The minimum Gasteiger partial charge on any atom is -0.465 e. The largest absolute Gasteiger partial charge is 0.465 e. The van der Waals surface area contributed by atoms with E-state index < -0.39 is 0 Å². The van der Waals surface area contributed by atoms with Crippen LogP contribution in [0.1, 0.15) is 6.92 Å². The number of hydrogen-bond acceptors (Lipinski definition) is 5. The van der Waals surface area contributed by atoms with Crippen molar-refractivity contribution in [2.75, 3.05) is 12.4 Å². The molecule has 1 aromatic heterocycles. The summed E-state index contributed by atoms with van der Waals surface area (Å²) < 4.78 is 6.48.